The lowest BCUT2D eigenvalue weighted by Crippen LogP contribution is -2.19. The van der Waals surface area contributed by atoms with Gasteiger partial charge >= 0.3 is 5.97 Å². The predicted octanol–water partition coefficient (Wildman–Crippen LogP) is 0.707. The summed E-state index contributed by atoms with van der Waals surface area (Å²) in [5.74, 6) is -0.353. The van der Waals surface area contributed by atoms with Gasteiger partial charge in [0.25, 0.3) is 0 Å². The van der Waals surface area contributed by atoms with Gasteiger partial charge in [-0.15, -0.1) is 11.6 Å². The van der Waals surface area contributed by atoms with Gasteiger partial charge in [-0.25, -0.2) is 0 Å². The third-order valence-corrected chi connectivity index (χ3v) is 1.18. The Labute approximate surface area is 52.1 Å². The summed E-state index contributed by atoms with van der Waals surface area (Å²) in [5.41, 5.74) is 0. The lowest BCUT2D eigenvalue weighted by molar-refractivity contribution is -0.141. The third-order valence-electron chi connectivity index (χ3n) is 0.852. The summed E-state index contributed by atoms with van der Waals surface area (Å²) in [6, 6.07) is 0. The highest BCUT2D eigenvalue weighted by molar-refractivity contribution is 6.31. The number of halogens is 1. The molecule has 3 heteroatoms. The van der Waals surface area contributed by atoms with Crippen LogP contribution in [0.2, 0.25) is 0 Å². The maximum Gasteiger partial charge on any atom is 0.328 e. The number of hydrogen-bond donors (Lipinski definition) is 0. The van der Waals surface area contributed by atoms with Crippen molar-refractivity contribution in [2.75, 3.05) is 6.61 Å². The zero-order chi connectivity index (χ0) is 5.98. The minimum absolute atomic E-state index is 0.353. The van der Waals surface area contributed by atoms with Crippen molar-refractivity contribution in [2.24, 2.45) is 0 Å². The smallest absolute Gasteiger partial charge is 0.328 e. The SMILES string of the molecule is O=C1OCC=CC1Cl. The number of cyclic esters (lactones) is 1. The van der Waals surface area contributed by atoms with Crippen LogP contribution in [0.25, 0.3) is 0 Å². The first-order chi connectivity index (χ1) is 3.80. The molecule has 44 valence electrons. The quantitative estimate of drug-likeness (QED) is 0.276. The molecule has 0 N–H and O–H groups in total. The van der Waals surface area contributed by atoms with Crippen LogP contribution >= 0.6 is 11.6 Å². The lowest BCUT2D eigenvalue weighted by Gasteiger charge is -2.07. The van der Waals surface area contributed by atoms with Gasteiger partial charge in [-0.1, -0.05) is 6.08 Å². The lowest BCUT2D eigenvalue weighted by atomic mass is 10.3. The molecule has 0 aromatic heterocycles. The van der Waals surface area contributed by atoms with E-state index in [1.165, 1.54) is 0 Å². The molecule has 0 spiro atoms. The number of carbonyl (C=O) groups is 1. The zero-order valence-corrected chi connectivity index (χ0v) is 4.89. The minimum Gasteiger partial charge on any atom is -0.460 e. The number of hydrogen-bond acceptors (Lipinski definition) is 2. The van der Waals surface area contributed by atoms with Crippen molar-refractivity contribution in [3.63, 3.8) is 0 Å². The monoisotopic (exact) mass is 132 g/mol. The number of esters is 1. The molecule has 1 atom stereocenters. The highest BCUT2D eigenvalue weighted by Gasteiger charge is 2.15. The van der Waals surface area contributed by atoms with Crippen LogP contribution in [0.4, 0.5) is 0 Å². The van der Waals surface area contributed by atoms with Gasteiger partial charge < -0.3 is 4.74 Å². The maximum absolute atomic E-state index is 10.4. The fourth-order valence-electron chi connectivity index (χ4n) is 0.463. The summed E-state index contributed by atoms with van der Waals surface area (Å²) >= 11 is 5.41. The molecule has 0 aromatic rings. The van der Waals surface area contributed by atoms with Crippen LogP contribution in [0.1, 0.15) is 0 Å². The number of ether oxygens (including phenoxy) is 1. The summed E-state index contributed by atoms with van der Waals surface area (Å²) in [4.78, 5) is 10.4. The van der Waals surface area contributed by atoms with Crippen LogP contribution in [-0.2, 0) is 9.53 Å². The second kappa shape index (κ2) is 2.18. The van der Waals surface area contributed by atoms with E-state index in [9.17, 15) is 4.79 Å². The summed E-state index contributed by atoms with van der Waals surface area (Å²) in [5, 5.41) is -0.566. The molecule has 1 aliphatic rings. The van der Waals surface area contributed by atoms with Gasteiger partial charge in [0.1, 0.15) is 12.0 Å². The van der Waals surface area contributed by atoms with Crippen molar-refractivity contribution in [1.29, 1.82) is 0 Å². The fraction of sp³-hybridized carbons (Fsp3) is 0.400. The zero-order valence-electron chi connectivity index (χ0n) is 4.13. The maximum atomic E-state index is 10.4. The van der Waals surface area contributed by atoms with Crippen molar-refractivity contribution < 1.29 is 9.53 Å². The molecule has 0 amide bonds. The molecule has 0 aliphatic carbocycles. The highest BCUT2D eigenvalue weighted by atomic mass is 35.5. The fourth-order valence-corrected chi connectivity index (χ4v) is 0.629. The van der Waals surface area contributed by atoms with Crippen LogP contribution in [0.5, 0.6) is 0 Å². The molecule has 0 bridgehead atoms. The standard InChI is InChI=1S/C5H5ClO2/c6-4-2-1-3-8-5(4)7/h1-2,4H,3H2. The third kappa shape index (κ3) is 1.01. The van der Waals surface area contributed by atoms with Crippen LogP contribution in [-0.4, -0.2) is 18.0 Å². The molecule has 0 aromatic carbocycles. The van der Waals surface area contributed by atoms with Gasteiger partial charge in [-0.05, 0) is 6.08 Å². The Morgan fingerprint density at radius 2 is 2.62 bits per heavy atom. The minimum atomic E-state index is -0.566. The topological polar surface area (TPSA) is 26.3 Å². The number of rotatable bonds is 0. The van der Waals surface area contributed by atoms with E-state index < -0.39 is 5.38 Å². The normalized spacial score (nSPS) is 27.6. The summed E-state index contributed by atoms with van der Waals surface area (Å²) in [7, 11) is 0. The Morgan fingerprint density at radius 1 is 1.88 bits per heavy atom. The van der Waals surface area contributed by atoms with Crippen LogP contribution < -0.4 is 0 Å². The van der Waals surface area contributed by atoms with Crippen molar-refractivity contribution >= 4 is 17.6 Å². The largest absolute Gasteiger partial charge is 0.460 e. The first-order valence-electron chi connectivity index (χ1n) is 2.28. The molecular weight excluding hydrogens is 128 g/mol. The summed E-state index contributed by atoms with van der Waals surface area (Å²) in [6.45, 7) is 0.363. The van der Waals surface area contributed by atoms with Crippen molar-refractivity contribution in [2.45, 2.75) is 5.38 Å². The average Bonchev–Trinajstić information content (AvgIpc) is 1.77. The Balaban J connectivity index is 2.60. The van der Waals surface area contributed by atoms with Crippen LogP contribution in [0.3, 0.4) is 0 Å². The van der Waals surface area contributed by atoms with E-state index in [1.54, 1.807) is 12.2 Å². The van der Waals surface area contributed by atoms with Gasteiger partial charge in [0.15, 0.2) is 0 Å². The molecule has 0 saturated carbocycles. The number of alkyl halides is 1. The van der Waals surface area contributed by atoms with Crippen molar-refractivity contribution in [3.05, 3.63) is 12.2 Å². The molecule has 1 heterocycles. The van der Waals surface area contributed by atoms with Crippen molar-refractivity contribution in [3.8, 4) is 0 Å². The van der Waals surface area contributed by atoms with Gasteiger partial charge in [0.2, 0.25) is 0 Å². The van der Waals surface area contributed by atoms with E-state index in [4.69, 9.17) is 11.6 Å². The van der Waals surface area contributed by atoms with E-state index in [1.807, 2.05) is 0 Å². The number of carbonyl (C=O) groups excluding carboxylic acids is 1. The average molecular weight is 133 g/mol. The molecular formula is C5H5ClO2. The Morgan fingerprint density at radius 3 is 3.00 bits per heavy atom. The Bertz CT molecular complexity index is 130. The Hall–Kier alpha value is -0.500. The molecule has 0 saturated heterocycles. The summed E-state index contributed by atoms with van der Waals surface area (Å²) in [6.07, 6.45) is 3.34. The second-order valence-corrected chi connectivity index (χ2v) is 1.93. The first kappa shape index (κ1) is 5.63. The first-order valence-corrected chi connectivity index (χ1v) is 2.72. The predicted molar refractivity (Wildman–Crippen MR) is 29.7 cm³/mol. The van der Waals surface area contributed by atoms with Gasteiger partial charge in [0.05, 0.1) is 0 Å². The van der Waals surface area contributed by atoms with Crippen LogP contribution in [0.15, 0.2) is 12.2 Å². The van der Waals surface area contributed by atoms with E-state index in [0.29, 0.717) is 6.61 Å². The van der Waals surface area contributed by atoms with E-state index in [0.717, 1.165) is 0 Å². The highest BCUT2D eigenvalue weighted by Crippen LogP contribution is 2.05. The molecule has 1 unspecified atom stereocenters. The van der Waals surface area contributed by atoms with Gasteiger partial charge in [-0.2, -0.15) is 0 Å². The van der Waals surface area contributed by atoms with Crippen molar-refractivity contribution in [1.82, 2.24) is 0 Å². The Kier molecular flexibility index (Phi) is 1.53. The van der Waals surface area contributed by atoms with Crippen LogP contribution in [0, 0.1) is 0 Å². The van der Waals surface area contributed by atoms with Gasteiger partial charge in [-0.3, -0.25) is 4.79 Å². The second-order valence-electron chi connectivity index (χ2n) is 1.46. The molecule has 2 nitrogen and oxygen atoms in total. The molecule has 1 rings (SSSR count). The molecule has 1 aliphatic heterocycles. The molecule has 0 radical (unpaired) electrons. The van der Waals surface area contributed by atoms with E-state index in [-0.39, 0.29) is 5.97 Å². The molecule has 0 fully saturated rings. The molecule has 8 heavy (non-hydrogen) atoms. The summed E-state index contributed by atoms with van der Waals surface area (Å²) < 4.78 is 4.53. The van der Waals surface area contributed by atoms with E-state index in [2.05, 4.69) is 4.74 Å². The van der Waals surface area contributed by atoms with Gasteiger partial charge in [0, 0.05) is 0 Å². The van der Waals surface area contributed by atoms with E-state index >= 15 is 0 Å².